The third-order valence-corrected chi connectivity index (χ3v) is 2.79. The highest BCUT2D eigenvalue weighted by molar-refractivity contribution is 6.08. The van der Waals surface area contributed by atoms with Gasteiger partial charge in [0.15, 0.2) is 0 Å². The van der Waals surface area contributed by atoms with Crippen LogP contribution in [0.2, 0.25) is 6.04 Å². The lowest BCUT2D eigenvalue weighted by Crippen LogP contribution is -2.64. The topological polar surface area (TPSA) is 36.1 Å². The second kappa shape index (κ2) is 6.54. The predicted octanol–water partition coefficient (Wildman–Crippen LogP) is -0.502. The molecule has 0 aliphatic rings. The summed E-state index contributed by atoms with van der Waals surface area (Å²) in [6.07, 6.45) is 1.15. The van der Waals surface area contributed by atoms with E-state index >= 15 is 0 Å². The van der Waals surface area contributed by atoms with Gasteiger partial charge in [-0.15, -0.1) is 0 Å². The second-order valence-electron chi connectivity index (χ2n) is 3.93. The monoisotopic (exact) mass is 203 g/mol. The largest absolute Gasteiger partial charge is 0.290 e. The standard InChI is InChI=1S/C9H25N3Si/c1-8(2)7-12-9(10-3,11-4)5-6-13/h8,10-12H,5-7H2,1-4,13H3. The van der Waals surface area contributed by atoms with Crippen LogP contribution in [0.1, 0.15) is 20.3 Å². The normalized spacial score (nSPS) is 12.7. The maximum atomic E-state index is 3.53. The van der Waals surface area contributed by atoms with E-state index in [0.29, 0.717) is 5.92 Å². The fourth-order valence-electron chi connectivity index (χ4n) is 1.39. The molecule has 0 radical (unpaired) electrons. The van der Waals surface area contributed by atoms with Gasteiger partial charge in [0.2, 0.25) is 0 Å². The summed E-state index contributed by atoms with van der Waals surface area (Å²) in [5.41, 5.74) is 0. The molecule has 0 bridgehead atoms. The van der Waals surface area contributed by atoms with Crippen molar-refractivity contribution in [1.29, 1.82) is 0 Å². The molecule has 0 unspecified atom stereocenters. The quantitative estimate of drug-likeness (QED) is 0.386. The molecule has 3 nitrogen and oxygen atoms in total. The first-order chi connectivity index (χ1) is 6.10. The average molecular weight is 203 g/mol. The van der Waals surface area contributed by atoms with Crippen LogP contribution in [-0.2, 0) is 0 Å². The molecule has 0 aliphatic heterocycles. The predicted molar refractivity (Wildman–Crippen MR) is 63.1 cm³/mol. The van der Waals surface area contributed by atoms with Gasteiger partial charge < -0.3 is 0 Å². The molecule has 0 aromatic heterocycles. The van der Waals surface area contributed by atoms with E-state index in [0.717, 1.165) is 13.0 Å². The van der Waals surface area contributed by atoms with Crippen LogP contribution in [0.5, 0.6) is 0 Å². The summed E-state index contributed by atoms with van der Waals surface area (Å²) < 4.78 is 0. The van der Waals surface area contributed by atoms with Crippen molar-refractivity contribution in [2.24, 2.45) is 5.92 Å². The van der Waals surface area contributed by atoms with E-state index in [1.54, 1.807) is 0 Å². The van der Waals surface area contributed by atoms with Crippen LogP contribution in [0.3, 0.4) is 0 Å². The summed E-state index contributed by atoms with van der Waals surface area (Å²) in [5.74, 6) is 0.640. The Labute approximate surface area is 85.5 Å². The fourth-order valence-corrected chi connectivity index (χ4v) is 2.14. The molecule has 0 aliphatic carbocycles. The highest BCUT2D eigenvalue weighted by Gasteiger charge is 2.23. The molecule has 0 saturated heterocycles. The van der Waals surface area contributed by atoms with E-state index in [1.807, 2.05) is 14.1 Å². The van der Waals surface area contributed by atoms with E-state index < -0.39 is 0 Å². The molecular formula is C9H25N3Si. The Balaban J connectivity index is 4.04. The van der Waals surface area contributed by atoms with Gasteiger partial charge in [-0.3, -0.25) is 16.0 Å². The minimum Gasteiger partial charge on any atom is -0.290 e. The Hall–Kier alpha value is 0.0969. The molecular weight excluding hydrogens is 178 g/mol. The van der Waals surface area contributed by atoms with E-state index in [2.05, 4.69) is 29.8 Å². The van der Waals surface area contributed by atoms with Crippen LogP contribution in [0.4, 0.5) is 0 Å². The highest BCUT2D eigenvalue weighted by atomic mass is 28.1. The number of nitrogens with one attached hydrogen (secondary N) is 3. The van der Waals surface area contributed by atoms with Gasteiger partial charge >= 0.3 is 0 Å². The lowest BCUT2D eigenvalue weighted by atomic mass is 10.2. The third-order valence-electron chi connectivity index (χ3n) is 2.29. The van der Waals surface area contributed by atoms with Gasteiger partial charge in [0.05, 0.1) is 0 Å². The molecule has 4 heteroatoms. The lowest BCUT2D eigenvalue weighted by molar-refractivity contribution is 0.211. The molecule has 0 aromatic rings. The van der Waals surface area contributed by atoms with Crippen molar-refractivity contribution in [2.45, 2.75) is 32.1 Å². The zero-order valence-electron chi connectivity index (χ0n) is 9.70. The first kappa shape index (κ1) is 13.1. The molecule has 0 fully saturated rings. The van der Waals surface area contributed by atoms with E-state index in [-0.39, 0.29) is 5.79 Å². The Morgan fingerprint density at radius 3 is 2.08 bits per heavy atom. The molecule has 0 spiro atoms. The van der Waals surface area contributed by atoms with Crippen molar-refractivity contribution in [3.63, 3.8) is 0 Å². The smallest absolute Gasteiger partial charge is 0.122 e. The summed E-state index contributed by atoms with van der Waals surface area (Å²) in [7, 11) is 5.26. The SMILES string of the molecule is CNC(CC[SiH3])(NC)NCC(C)C. The summed E-state index contributed by atoms with van der Waals surface area (Å²) in [4.78, 5) is 0. The van der Waals surface area contributed by atoms with Crippen LogP contribution < -0.4 is 16.0 Å². The van der Waals surface area contributed by atoms with Crippen molar-refractivity contribution >= 4 is 10.2 Å². The van der Waals surface area contributed by atoms with E-state index in [1.165, 1.54) is 16.3 Å². The molecule has 0 rings (SSSR count). The Morgan fingerprint density at radius 1 is 1.23 bits per heavy atom. The Bertz CT molecular complexity index is 124. The number of hydrogen-bond acceptors (Lipinski definition) is 3. The van der Waals surface area contributed by atoms with Crippen molar-refractivity contribution < 1.29 is 0 Å². The van der Waals surface area contributed by atoms with Gasteiger partial charge in [-0.25, -0.2) is 0 Å². The Morgan fingerprint density at radius 2 is 1.77 bits per heavy atom. The van der Waals surface area contributed by atoms with Crippen molar-refractivity contribution in [3.05, 3.63) is 0 Å². The van der Waals surface area contributed by atoms with Crippen LogP contribution in [-0.4, -0.2) is 36.7 Å². The maximum absolute atomic E-state index is 3.53. The number of rotatable bonds is 7. The average Bonchev–Trinajstić information content (AvgIpc) is 2.12. The lowest BCUT2D eigenvalue weighted by Gasteiger charge is -2.35. The zero-order valence-corrected chi connectivity index (χ0v) is 11.7. The molecule has 0 amide bonds. The van der Waals surface area contributed by atoms with Crippen LogP contribution in [0, 0.1) is 5.92 Å². The zero-order chi connectivity index (χ0) is 10.3. The molecule has 80 valence electrons. The van der Waals surface area contributed by atoms with Crippen molar-refractivity contribution in [1.82, 2.24) is 16.0 Å². The molecule has 0 atom stereocenters. The van der Waals surface area contributed by atoms with Crippen LogP contribution in [0.25, 0.3) is 0 Å². The first-order valence-electron chi connectivity index (χ1n) is 5.23. The van der Waals surface area contributed by atoms with Gasteiger partial charge in [0, 0.05) is 16.8 Å². The van der Waals surface area contributed by atoms with Crippen molar-refractivity contribution in [2.75, 3.05) is 20.6 Å². The molecule has 0 aromatic carbocycles. The van der Waals surface area contributed by atoms with E-state index in [9.17, 15) is 0 Å². The van der Waals surface area contributed by atoms with Gasteiger partial charge in [-0.05, 0) is 26.4 Å². The number of hydrogen-bond donors (Lipinski definition) is 3. The van der Waals surface area contributed by atoms with Crippen molar-refractivity contribution in [3.8, 4) is 0 Å². The van der Waals surface area contributed by atoms with Gasteiger partial charge in [-0.2, -0.15) is 0 Å². The minimum absolute atomic E-state index is 0.0496. The third kappa shape index (κ3) is 4.76. The summed E-state index contributed by atoms with van der Waals surface area (Å²) in [6, 6.07) is 1.30. The van der Waals surface area contributed by atoms with Gasteiger partial charge in [0.1, 0.15) is 5.79 Å². The highest BCUT2D eigenvalue weighted by Crippen LogP contribution is 2.04. The first-order valence-corrected chi connectivity index (χ1v) is 6.64. The molecule has 13 heavy (non-hydrogen) atoms. The van der Waals surface area contributed by atoms with Gasteiger partial charge in [0.25, 0.3) is 0 Å². The summed E-state index contributed by atoms with van der Waals surface area (Å²) >= 11 is 0. The van der Waals surface area contributed by atoms with Gasteiger partial charge in [-0.1, -0.05) is 19.9 Å². The minimum atomic E-state index is -0.0496. The molecule has 0 heterocycles. The van der Waals surface area contributed by atoms with E-state index in [4.69, 9.17) is 0 Å². The maximum Gasteiger partial charge on any atom is 0.122 e. The Kier molecular flexibility index (Phi) is 6.58. The fraction of sp³-hybridized carbons (Fsp3) is 1.00. The molecule has 3 N–H and O–H groups in total. The van der Waals surface area contributed by atoms with Crippen LogP contribution in [0.15, 0.2) is 0 Å². The second-order valence-corrected chi connectivity index (χ2v) is 4.93. The summed E-state index contributed by atoms with van der Waals surface area (Å²) in [5, 5.41) is 10.2. The molecule has 0 saturated carbocycles. The van der Waals surface area contributed by atoms with Crippen LogP contribution >= 0.6 is 0 Å². The summed E-state index contributed by atoms with van der Waals surface area (Å²) in [6.45, 7) is 5.50.